The van der Waals surface area contributed by atoms with Crippen molar-refractivity contribution in [1.82, 2.24) is 25.2 Å². The van der Waals surface area contributed by atoms with Crippen LogP contribution in [0, 0.1) is 11.6 Å². The second kappa shape index (κ2) is 10.8. The lowest BCUT2D eigenvalue weighted by Crippen LogP contribution is -2.58. The van der Waals surface area contributed by atoms with Crippen molar-refractivity contribution >= 4 is 27.5 Å². The van der Waals surface area contributed by atoms with Crippen molar-refractivity contribution in [2.24, 2.45) is 0 Å². The van der Waals surface area contributed by atoms with Gasteiger partial charge in [0.15, 0.2) is 5.82 Å². The number of nitrogens with one attached hydrogen (secondary N) is 1. The monoisotopic (exact) mass is 630 g/mol. The minimum Gasteiger partial charge on any atom is -0.508 e. The Morgan fingerprint density at radius 1 is 1.20 bits per heavy atom. The lowest BCUT2D eigenvalue weighted by molar-refractivity contribution is 0.107. The Balaban J connectivity index is 1.34. The van der Waals surface area contributed by atoms with Crippen molar-refractivity contribution in [1.29, 1.82) is 0 Å². The van der Waals surface area contributed by atoms with E-state index in [1.54, 1.807) is 6.07 Å². The summed E-state index contributed by atoms with van der Waals surface area (Å²) >= 11 is 0. The maximum absolute atomic E-state index is 16.9. The van der Waals surface area contributed by atoms with Crippen LogP contribution in [-0.4, -0.2) is 81.5 Å². The normalized spacial score (nSPS) is 26.0. The summed E-state index contributed by atoms with van der Waals surface area (Å²) in [6, 6.07) is 6.40. The van der Waals surface area contributed by atoms with Gasteiger partial charge in [-0.15, -0.1) is 0 Å². The molecule has 4 atom stereocenters. The van der Waals surface area contributed by atoms with E-state index in [9.17, 15) is 9.50 Å². The fourth-order valence-corrected chi connectivity index (χ4v) is 7.80. The molecule has 3 saturated heterocycles. The number of nitrogens with zero attached hydrogens (tertiary/aromatic N) is 5. The van der Waals surface area contributed by atoms with Gasteiger partial charge >= 0.3 is 6.01 Å². The highest BCUT2D eigenvalue weighted by molar-refractivity contribution is 6.02. The molecule has 46 heavy (non-hydrogen) atoms. The third-order valence-corrected chi connectivity index (χ3v) is 9.75. The van der Waals surface area contributed by atoms with Crippen LogP contribution in [-0.2, 0) is 0 Å². The molecule has 2 aromatic heterocycles. The second-order valence-electron chi connectivity index (χ2n) is 12.5. The van der Waals surface area contributed by atoms with Gasteiger partial charge in [0, 0.05) is 37.0 Å². The predicted molar refractivity (Wildman–Crippen MR) is 168 cm³/mol. The highest BCUT2D eigenvalue weighted by Crippen LogP contribution is 2.45. The average Bonchev–Trinajstić information content (AvgIpc) is 3.52. The zero-order chi connectivity index (χ0) is 31.7. The number of rotatable bonds is 5. The molecule has 1 unspecified atom stereocenters. The number of ether oxygens (including phenoxy) is 2. The van der Waals surface area contributed by atoms with E-state index in [4.69, 9.17) is 14.5 Å². The number of phenolic OH excluding ortho intramolecular Hbond substituents is 1. The minimum atomic E-state index is -0.939. The highest BCUT2D eigenvalue weighted by atomic mass is 19.1. The molecule has 0 saturated carbocycles. The fraction of sp³-hybridized carbons (Fsp3) is 0.382. The minimum absolute atomic E-state index is 0.0102. The average molecular weight is 631 g/mol. The molecule has 0 amide bonds. The number of hydrogen-bond donors (Lipinski definition) is 2. The van der Waals surface area contributed by atoms with E-state index in [1.165, 1.54) is 24.3 Å². The van der Waals surface area contributed by atoms with Crippen molar-refractivity contribution in [2.75, 3.05) is 37.7 Å². The van der Waals surface area contributed by atoms with Crippen molar-refractivity contribution in [3.8, 4) is 28.9 Å². The summed E-state index contributed by atoms with van der Waals surface area (Å²) in [6.07, 6.45) is 5.07. The van der Waals surface area contributed by atoms with Gasteiger partial charge in [-0.25, -0.2) is 18.2 Å². The van der Waals surface area contributed by atoms with Gasteiger partial charge in [-0.05, 0) is 49.9 Å². The molecule has 6 heterocycles. The molecule has 4 aromatic rings. The van der Waals surface area contributed by atoms with Crippen LogP contribution in [0.5, 0.6) is 17.6 Å². The molecule has 3 fully saturated rings. The van der Waals surface area contributed by atoms with Gasteiger partial charge in [-0.2, -0.15) is 9.97 Å². The number of alkyl halides is 1. The molecule has 0 spiro atoms. The van der Waals surface area contributed by atoms with Gasteiger partial charge in [0.25, 0.3) is 0 Å². The topological polar surface area (TPSA) is 95.9 Å². The largest absolute Gasteiger partial charge is 0.508 e. The van der Waals surface area contributed by atoms with Crippen LogP contribution in [0.25, 0.3) is 32.9 Å². The quantitative estimate of drug-likeness (QED) is 0.281. The number of fused-ring (bicyclic) bond motifs is 4. The Labute approximate surface area is 263 Å². The summed E-state index contributed by atoms with van der Waals surface area (Å²) in [5.74, 6) is -0.891. The molecule has 2 aromatic carbocycles. The molecular formula is C34H33F3N6O3. The van der Waals surface area contributed by atoms with Gasteiger partial charge in [0.05, 0.1) is 11.6 Å². The van der Waals surface area contributed by atoms with Crippen LogP contribution in [0.1, 0.15) is 26.2 Å². The Morgan fingerprint density at radius 3 is 2.91 bits per heavy atom. The van der Waals surface area contributed by atoms with E-state index in [2.05, 4.69) is 26.8 Å². The van der Waals surface area contributed by atoms with Gasteiger partial charge in [0.1, 0.15) is 58.6 Å². The number of piperazine rings is 1. The summed E-state index contributed by atoms with van der Waals surface area (Å²) in [6.45, 7) is 8.56. The van der Waals surface area contributed by atoms with Gasteiger partial charge in [0.2, 0.25) is 5.88 Å². The van der Waals surface area contributed by atoms with Crippen LogP contribution in [0.4, 0.5) is 19.0 Å². The number of anilines is 1. The number of hydrogen-bond acceptors (Lipinski definition) is 9. The summed E-state index contributed by atoms with van der Waals surface area (Å²) < 4.78 is 59.3. The van der Waals surface area contributed by atoms with E-state index >= 15 is 8.78 Å². The number of aromatic nitrogens is 3. The molecule has 12 heteroatoms. The number of allylic oxidation sites excluding steroid dienone is 1. The number of phenols is 1. The van der Waals surface area contributed by atoms with Crippen molar-refractivity contribution in [3.05, 3.63) is 66.5 Å². The number of pyridine rings is 1. The maximum Gasteiger partial charge on any atom is 0.319 e. The van der Waals surface area contributed by atoms with Crippen molar-refractivity contribution in [3.63, 3.8) is 0 Å². The maximum atomic E-state index is 16.9. The molecule has 0 bridgehead atoms. The molecule has 9 nitrogen and oxygen atoms in total. The molecular weight excluding hydrogens is 597 g/mol. The zero-order valence-electron chi connectivity index (χ0n) is 25.3. The fourth-order valence-electron chi connectivity index (χ4n) is 7.80. The molecule has 0 radical (unpaired) electrons. The molecule has 4 aliphatic rings. The smallest absolute Gasteiger partial charge is 0.319 e. The predicted octanol–water partition coefficient (Wildman–Crippen LogP) is 5.41. The van der Waals surface area contributed by atoms with E-state index in [1.807, 2.05) is 24.0 Å². The van der Waals surface area contributed by atoms with E-state index < -0.39 is 29.4 Å². The molecule has 8 rings (SSSR count). The van der Waals surface area contributed by atoms with Crippen LogP contribution < -0.4 is 19.7 Å². The Morgan fingerprint density at radius 2 is 2.07 bits per heavy atom. The third-order valence-electron chi connectivity index (χ3n) is 9.75. The van der Waals surface area contributed by atoms with Gasteiger partial charge in [-0.1, -0.05) is 30.9 Å². The first-order valence-corrected chi connectivity index (χ1v) is 15.6. The van der Waals surface area contributed by atoms with E-state index in [-0.39, 0.29) is 57.8 Å². The van der Waals surface area contributed by atoms with E-state index in [0.717, 1.165) is 19.4 Å². The Bertz CT molecular complexity index is 1940. The number of halogens is 3. The van der Waals surface area contributed by atoms with Crippen LogP contribution in [0.2, 0.25) is 0 Å². The first-order chi connectivity index (χ1) is 22.3. The van der Waals surface area contributed by atoms with Crippen molar-refractivity contribution < 1.29 is 27.8 Å². The first kappa shape index (κ1) is 29.0. The summed E-state index contributed by atoms with van der Waals surface area (Å²) in [4.78, 5) is 18.1. The van der Waals surface area contributed by atoms with Crippen LogP contribution in [0.3, 0.4) is 0 Å². The first-order valence-electron chi connectivity index (χ1n) is 15.6. The third kappa shape index (κ3) is 4.49. The van der Waals surface area contributed by atoms with E-state index in [0.29, 0.717) is 43.0 Å². The van der Waals surface area contributed by atoms with Gasteiger partial charge < -0.3 is 24.8 Å². The standard InChI is InChI=1S/C34H33F3N6O3/c1-3-6-24-30-18(2)46-32-26-29(27(37)28(39-32)22-14-21(44)13-19-7-4-8-23(36)25(19)22)40-33(41-31(26)43(30)12-10-38-24)45-17-34-9-5-11-42(34)16-20(35)15-34/h3-4,6-8,13-14,20,24,30,38,44H,2,5,9-12,15-17H2,1H3/b6-3+/t20-,24?,30-,34+/m1/s1. The molecule has 4 aliphatic heterocycles. The molecule has 0 aliphatic carbocycles. The highest BCUT2D eigenvalue weighted by Gasteiger charge is 2.49. The zero-order valence-corrected chi connectivity index (χ0v) is 25.3. The second-order valence-corrected chi connectivity index (χ2v) is 12.5. The van der Waals surface area contributed by atoms with Crippen LogP contribution >= 0.6 is 0 Å². The molecule has 2 N–H and O–H groups in total. The van der Waals surface area contributed by atoms with Gasteiger partial charge in [-0.3, -0.25) is 4.90 Å². The van der Waals surface area contributed by atoms with Crippen molar-refractivity contribution in [2.45, 2.75) is 50.0 Å². The summed E-state index contributed by atoms with van der Waals surface area (Å²) in [5.41, 5.74) is -0.811. The lowest BCUT2D eigenvalue weighted by Gasteiger charge is -2.40. The Kier molecular flexibility index (Phi) is 6.84. The molecule has 238 valence electrons. The lowest BCUT2D eigenvalue weighted by atomic mass is 9.95. The number of aromatic hydroxyl groups is 1. The SMILES string of the molecule is C=C1Oc2nc(-c3cc(O)cc4cccc(F)c34)c(F)c3nc(OC[C@@]45CCCN4C[C@H](F)C5)nc(c23)N2CCNC(/C=C/C)[C@@H]12. The summed E-state index contributed by atoms with van der Waals surface area (Å²) in [7, 11) is 0. The Hall–Kier alpha value is -4.42. The van der Waals surface area contributed by atoms with Crippen LogP contribution in [0.15, 0.2) is 54.8 Å². The number of benzene rings is 2. The summed E-state index contributed by atoms with van der Waals surface area (Å²) in [5, 5.41) is 14.7.